The molecule has 2 unspecified atom stereocenters. The van der Waals surface area contributed by atoms with Crippen LogP contribution in [0.15, 0.2) is 29.4 Å². The molecular formula is C14H24Cl2N4O3S. The van der Waals surface area contributed by atoms with Gasteiger partial charge in [0.05, 0.1) is 6.54 Å². The smallest absolute Gasteiger partial charge is 0.244 e. The second kappa shape index (κ2) is 9.53. The molecule has 138 valence electrons. The van der Waals surface area contributed by atoms with Gasteiger partial charge in [-0.25, -0.2) is 8.42 Å². The van der Waals surface area contributed by atoms with E-state index >= 15 is 0 Å². The molecule has 0 radical (unpaired) electrons. The molecule has 7 nitrogen and oxygen atoms in total. The maximum atomic E-state index is 12.4. The summed E-state index contributed by atoms with van der Waals surface area (Å²) in [5, 5.41) is 3.29. The van der Waals surface area contributed by atoms with Crippen molar-refractivity contribution in [2.24, 2.45) is 0 Å². The first-order valence-electron chi connectivity index (χ1n) is 7.23. The van der Waals surface area contributed by atoms with Crippen LogP contribution in [-0.4, -0.2) is 67.3 Å². The highest BCUT2D eigenvalue weighted by Crippen LogP contribution is 2.14. The third-order valence-electron chi connectivity index (χ3n) is 4.06. The van der Waals surface area contributed by atoms with Gasteiger partial charge < -0.3 is 10.2 Å². The van der Waals surface area contributed by atoms with Gasteiger partial charge in [0.2, 0.25) is 15.9 Å². The van der Waals surface area contributed by atoms with Gasteiger partial charge >= 0.3 is 0 Å². The summed E-state index contributed by atoms with van der Waals surface area (Å²) in [6.45, 7) is 5.11. The molecule has 1 aromatic heterocycles. The summed E-state index contributed by atoms with van der Waals surface area (Å²) in [4.78, 5) is 18.1. The fourth-order valence-electron chi connectivity index (χ4n) is 2.45. The highest BCUT2D eigenvalue weighted by atomic mass is 35.5. The number of hydrogen-bond acceptors (Lipinski definition) is 5. The fourth-order valence-corrected chi connectivity index (χ4v) is 3.54. The molecule has 2 heterocycles. The number of sulfonamides is 1. The maximum Gasteiger partial charge on any atom is 0.244 e. The molecule has 1 aromatic rings. The number of nitrogens with zero attached hydrogens (tertiary/aromatic N) is 3. The van der Waals surface area contributed by atoms with Crippen molar-refractivity contribution in [2.45, 2.75) is 30.8 Å². The Balaban J connectivity index is 0.00000264. The summed E-state index contributed by atoms with van der Waals surface area (Å²) in [7, 11) is -2.28. The van der Waals surface area contributed by atoms with Gasteiger partial charge in [0.25, 0.3) is 0 Å². The van der Waals surface area contributed by atoms with Crippen molar-refractivity contribution in [3.8, 4) is 0 Å². The minimum absolute atomic E-state index is 0. The SMILES string of the molecule is CC1NCCN(C(=O)CN(C)S(=O)(=O)c2cccnc2)C1C.Cl.Cl. The summed E-state index contributed by atoms with van der Waals surface area (Å²) in [6.07, 6.45) is 2.79. The summed E-state index contributed by atoms with van der Waals surface area (Å²) in [5.74, 6) is -0.184. The number of amides is 1. The van der Waals surface area contributed by atoms with Crippen molar-refractivity contribution in [1.82, 2.24) is 19.5 Å². The van der Waals surface area contributed by atoms with Crippen molar-refractivity contribution >= 4 is 40.7 Å². The number of likely N-dealkylation sites (N-methyl/N-ethyl adjacent to an activating group) is 1. The number of pyridine rings is 1. The van der Waals surface area contributed by atoms with Crippen LogP contribution >= 0.6 is 24.8 Å². The van der Waals surface area contributed by atoms with E-state index in [9.17, 15) is 13.2 Å². The molecule has 24 heavy (non-hydrogen) atoms. The van der Waals surface area contributed by atoms with Crippen LogP contribution in [0, 0.1) is 0 Å². The summed E-state index contributed by atoms with van der Waals surface area (Å²) >= 11 is 0. The normalized spacial score (nSPS) is 20.9. The maximum absolute atomic E-state index is 12.4. The van der Waals surface area contributed by atoms with Crippen LogP contribution in [-0.2, 0) is 14.8 Å². The molecule has 2 atom stereocenters. The quantitative estimate of drug-likeness (QED) is 0.808. The van der Waals surface area contributed by atoms with E-state index in [1.165, 1.54) is 25.5 Å². The molecule has 0 aliphatic carbocycles. The topological polar surface area (TPSA) is 82.6 Å². The van der Waals surface area contributed by atoms with Crippen LogP contribution in [0.3, 0.4) is 0 Å². The molecule has 0 aromatic carbocycles. The van der Waals surface area contributed by atoms with Crippen molar-refractivity contribution in [3.63, 3.8) is 0 Å². The first-order chi connectivity index (χ1) is 10.3. The van der Waals surface area contributed by atoms with E-state index in [4.69, 9.17) is 0 Å². The standard InChI is InChI=1S/C14H22N4O3S.2ClH/c1-11-12(2)18(8-7-16-11)14(19)10-17(3)22(20,21)13-5-4-6-15-9-13;;/h4-6,9,11-12,16H,7-8,10H2,1-3H3;2*1H. The Labute approximate surface area is 155 Å². The summed E-state index contributed by atoms with van der Waals surface area (Å²) in [5.41, 5.74) is 0. The molecule has 2 rings (SSSR count). The number of nitrogens with one attached hydrogen (secondary N) is 1. The lowest BCUT2D eigenvalue weighted by molar-refractivity contribution is -0.134. The van der Waals surface area contributed by atoms with Crippen molar-refractivity contribution < 1.29 is 13.2 Å². The third-order valence-corrected chi connectivity index (χ3v) is 5.84. The lowest BCUT2D eigenvalue weighted by Crippen LogP contribution is -2.58. The second-order valence-corrected chi connectivity index (χ2v) is 7.57. The number of aromatic nitrogens is 1. The molecule has 1 fully saturated rings. The van der Waals surface area contributed by atoms with Gasteiger partial charge in [-0.15, -0.1) is 24.8 Å². The van der Waals surface area contributed by atoms with Gasteiger partial charge in [0, 0.05) is 44.6 Å². The highest BCUT2D eigenvalue weighted by Gasteiger charge is 2.31. The van der Waals surface area contributed by atoms with E-state index in [0.717, 1.165) is 10.8 Å². The van der Waals surface area contributed by atoms with Crippen molar-refractivity contribution in [2.75, 3.05) is 26.7 Å². The van der Waals surface area contributed by atoms with Gasteiger partial charge in [-0.3, -0.25) is 9.78 Å². The van der Waals surface area contributed by atoms with E-state index < -0.39 is 10.0 Å². The predicted molar refractivity (Wildman–Crippen MR) is 97.2 cm³/mol. The average molecular weight is 399 g/mol. The molecule has 1 aliphatic heterocycles. The number of hydrogen-bond donors (Lipinski definition) is 1. The number of halogens is 2. The lowest BCUT2D eigenvalue weighted by Gasteiger charge is -2.39. The zero-order chi connectivity index (χ0) is 16.3. The molecular weight excluding hydrogens is 375 g/mol. The first kappa shape index (κ1) is 23.1. The predicted octanol–water partition coefficient (Wildman–Crippen LogP) is 0.755. The minimum atomic E-state index is -3.70. The zero-order valence-corrected chi connectivity index (χ0v) is 16.3. The Kier molecular flexibility index (Phi) is 9.16. The van der Waals surface area contributed by atoms with Crippen LogP contribution in [0.5, 0.6) is 0 Å². The summed E-state index contributed by atoms with van der Waals surface area (Å²) < 4.78 is 25.9. The number of carbonyl (C=O) groups excluding carboxylic acids is 1. The van der Waals surface area contributed by atoms with E-state index in [1.54, 1.807) is 11.0 Å². The van der Waals surface area contributed by atoms with E-state index in [1.807, 2.05) is 13.8 Å². The van der Waals surface area contributed by atoms with E-state index in [2.05, 4.69) is 10.3 Å². The Hall–Kier alpha value is -0.930. The number of rotatable bonds is 4. The highest BCUT2D eigenvalue weighted by molar-refractivity contribution is 7.89. The lowest BCUT2D eigenvalue weighted by atomic mass is 10.1. The van der Waals surface area contributed by atoms with Crippen molar-refractivity contribution in [1.29, 1.82) is 0 Å². The Bertz CT molecular complexity index is 630. The Morgan fingerprint density at radius 3 is 2.67 bits per heavy atom. The van der Waals surface area contributed by atoms with Crippen LogP contribution < -0.4 is 5.32 Å². The van der Waals surface area contributed by atoms with Gasteiger partial charge in [0.15, 0.2) is 0 Å². The van der Waals surface area contributed by atoms with E-state index in [0.29, 0.717) is 6.54 Å². The zero-order valence-electron chi connectivity index (χ0n) is 13.9. The molecule has 0 saturated carbocycles. The average Bonchev–Trinajstić information content (AvgIpc) is 2.50. The van der Waals surface area contributed by atoms with Gasteiger partial charge in [-0.2, -0.15) is 4.31 Å². The van der Waals surface area contributed by atoms with E-state index in [-0.39, 0.29) is 54.2 Å². The molecule has 1 amide bonds. The number of carbonyl (C=O) groups is 1. The Morgan fingerprint density at radius 2 is 2.08 bits per heavy atom. The van der Waals surface area contributed by atoms with Gasteiger partial charge in [-0.1, -0.05) is 0 Å². The van der Waals surface area contributed by atoms with Gasteiger partial charge in [-0.05, 0) is 26.0 Å². The van der Waals surface area contributed by atoms with Crippen LogP contribution in [0.1, 0.15) is 13.8 Å². The third kappa shape index (κ3) is 5.03. The summed E-state index contributed by atoms with van der Waals surface area (Å²) in [6, 6.07) is 3.26. The molecule has 1 saturated heterocycles. The fraction of sp³-hybridized carbons (Fsp3) is 0.571. The second-order valence-electron chi connectivity index (χ2n) is 5.52. The molecule has 0 spiro atoms. The van der Waals surface area contributed by atoms with Crippen LogP contribution in [0.25, 0.3) is 0 Å². The molecule has 0 bridgehead atoms. The monoisotopic (exact) mass is 398 g/mol. The molecule has 1 aliphatic rings. The molecule has 1 N–H and O–H groups in total. The largest absolute Gasteiger partial charge is 0.336 e. The van der Waals surface area contributed by atoms with Crippen LogP contribution in [0.2, 0.25) is 0 Å². The van der Waals surface area contributed by atoms with Crippen LogP contribution in [0.4, 0.5) is 0 Å². The molecule has 10 heteroatoms. The minimum Gasteiger partial charge on any atom is -0.336 e. The van der Waals surface area contributed by atoms with Gasteiger partial charge in [0.1, 0.15) is 4.90 Å². The Morgan fingerprint density at radius 1 is 1.42 bits per heavy atom. The first-order valence-corrected chi connectivity index (χ1v) is 8.67. The number of piperazine rings is 1. The van der Waals surface area contributed by atoms with Crippen molar-refractivity contribution in [3.05, 3.63) is 24.5 Å².